The third kappa shape index (κ3) is 2.51. The molecule has 0 amide bonds. The molecule has 3 aliphatic rings. The molecule has 0 aromatic heterocycles. The van der Waals surface area contributed by atoms with Crippen molar-refractivity contribution < 1.29 is 19.0 Å². The predicted molar refractivity (Wildman–Crippen MR) is 65.4 cm³/mol. The zero-order valence-corrected chi connectivity index (χ0v) is 11.2. The maximum Gasteiger partial charge on any atom is 0.324 e. The molecule has 2 aliphatic heterocycles. The van der Waals surface area contributed by atoms with Gasteiger partial charge in [-0.05, 0) is 12.8 Å². The monoisotopic (exact) mass is 274 g/mol. The van der Waals surface area contributed by atoms with Crippen LogP contribution in [0.4, 0.5) is 0 Å². The first-order valence-electron chi connectivity index (χ1n) is 6.83. The van der Waals surface area contributed by atoms with Gasteiger partial charge in [0, 0.05) is 25.7 Å². The molecule has 3 atom stereocenters. The van der Waals surface area contributed by atoms with Crippen LogP contribution in [0.2, 0.25) is 0 Å². The first-order chi connectivity index (χ1) is 8.67. The molecule has 0 radical (unpaired) electrons. The number of ether oxygens (including phenoxy) is 3. The Hall–Kier alpha value is -0.320. The molecule has 102 valence electrons. The van der Waals surface area contributed by atoms with Crippen LogP contribution in [0.5, 0.6) is 0 Å². The predicted octanol–water partition coefficient (Wildman–Crippen LogP) is 2.38. The van der Waals surface area contributed by atoms with E-state index < -0.39 is 5.38 Å². The molecule has 4 nitrogen and oxygen atoms in total. The van der Waals surface area contributed by atoms with E-state index in [1.54, 1.807) is 0 Å². The lowest BCUT2D eigenvalue weighted by Gasteiger charge is -2.31. The van der Waals surface area contributed by atoms with E-state index in [0.29, 0.717) is 19.4 Å². The lowest BCUT2D eigenvalue weighted by molar-refractivity contribution is -0.189. The van der Waals surface area contributed by atoms with Crippen LogP contribution in [0.15, 0.2) is 0 Å². The molecule has 0 unspecified atom stereocenters. The highest BCUT2D eigenvalue weighted by atomic mass is 35.5. The molecule has 3 rings (SSSR count). The van der Waals surface area contributed by atoms with Crippen molar-refractivity contribution in [2.24, 2.45) is 0 Å². The Morgan fingerprint density at radius 1 is 1.22 bits per heavy atom. The number of hydrogen-bond acceptors (Lipinski definition) is 4. The molecule has 2 heterocycles. The number of alkyl halides is 1. The summed E-state index contributed by atoms with van der Waals surface area (Å²) in [6.07, 6.45) is 6.84. The number of rotatable bonds is 2. The number of carbonyl (C=O) groups excluding carboxylic acids is 1. The SMILES string of the molecule is O=C1O[C@@H](C[C@H]2COC3(CCCCC3)O2)C[C@@H]1Cl. The van der Waals surface area contributed by atoms with Gasteiger partial charge in [0.2, 0.25) is 0 Å². The number of carbonyl (C=O) groups is 1. The van der Waals surface area contributed by atoms with Gasteiger partial charge < -0.3 is 14.2 Å². The van der Waals surface area contributed by atoms with Gasteiger partial charge >= 0.3 is 5.97 Å². The number of esters is 1. The molecule has 0 aromatic carbocycles. The standard InChI is InChI=1S/C13H19ClO4/c14-11-7-9(17-12(11)15)6-10-8-16-13(18-10)4-2-1-3-5-13/h9-11H,1-8H2/t9-,10-,11-/m0/s1. The second-order valence-electron chi connectivity index (χ2n) is 5.52. The summed E-state index contributed by atoms with van der Waals surface area (Å²) in [5.41, 5.74) is 0. The Kier molecular flexibility index (Phi) is 3.52. The Bertz CT molecular complexity index is 327. The summed E-state index contributed by atoms with van der Waals surface area (Å²) in [4.78, 5) is 11.2. The smallest absolute Gasteiger partial charge is 0.324 e. The van der Waals surface area contributed by atoms with Crippen molar-refractivity contribution >= 4 is 17.6 Å². The number of halogens is 1. The molecule has 3 fully saturated rings. The molecular formula is C13H19ClO4. The van der Waals surface area contributed by atoms with E-state index >= 15 is 0 Å². The van der Waals surface area contributed by atoms with Crippen LogP contribution < -0.4 is 0 Å². The Morgan fingerprint density at radius 3 is 2.67 bits per heavy atom. The van der Waals surface area contributed by atoms with Crippen LogP contribution in [-0.4, -0.2) is 35.9 Å². The summed E-state index contributed by atoms with van der Waals surface area (Å²) < 4.78 is 17.1. The molecule has 2 saturated heterocycles. The van der Waals surface area contributed by atoms with Gasteiger partial charge in [-0.2, -0.15) is 0 Å². The van der Waals surface area contributed by atoms with E-state index in [9.17, 15) is 4.79 Å². The van der Waals surface area contributed by atoms with E-state index in [0.717, 1.165) is 12.8 Å². The summed E-state index contributed by atoms with van der Waals surface area (Å²) in [6, 6.07) is 0. The molecule has 0 aromatic rings. The highest BCUT2D eigenvalue weighted by Crippen LogP contribution is 2.39. The van der Waals surface area contributed by atoms with Crippen molar-refractivity contribution in [1.82, 2.24) is 0 Å². The molecule has 0 N–H and O–H groups in total. The summed E-state index contributed by atoms with van der Waals surface area (Å²) in [7, 11) is 0. The Labute approximate surface area is 112 Å². The maximum absolute atomic E-state index is 11.2. The van der Waals surface area contributed by atoms with Gasteiger partial charge in [-0.15, -0.1) is 11.6 Å². The Balaban J connectivity index is 1.52. The molecule has 1 spiro atoms. The van der Waals surface area contributed by atoms with Crippen molar-refractivity contribution in [2.75, 3.05) is 6.61 Å². The van der Waals surface area contributed by atoms with Gasteiger partial charge in [-0.1, -0.05) is 6.42 Å². The Morgan fingerprint density at radius 2 is 2.00 bits per heavy atom. The minimum Gasteiger partial charge on any atom is -0.461 e. The summed E-state index contributed by atoms with van der Waals surface area (Å²) in [5.74, 6) is -0.640. The highest BCUT2D eigenvalue weighted by Gasteiger charge is 2.44. The van der Waals surface area contributed by atoms with Crippen LogP contribution in [0.1, 0.15) is 44.9 Å². The maximum atomic E-state index is 11.2. The van der Waals surface area contributed by atoms with E-state index in [1.807, 2.05) is 0 Å². The lowest BCUT2D eigenvalue weighted by Crippen LogP contribution is -2.33. The zero-order valence-electron chi connectivity index (χ0n) is 10.4. The second-order valence-corrected chi connectivity index (χ2v) is 6.05. The fourth-order valence-corrected chi connectivity index (χ4v) is 3.39. The fourth-order valence-electron chi connectivity index (χ4n) is 3.14. The average molecular weight is 275 g/mol. The van der Waals surface area contributed by atoms with E-state index in [-0.39, 0.29) is 24.0 Å². The zero-order chi connectivity index (χ0) is 12.6. The minimum atomic E-state index is -0.485. The molecule has 1 saturated carbocycles. The minimum absolute atomic E-state index is 0.0443. The van der Waals surface area contributed by atoms with Gasteiger partial charge in [-0.25, -0.2) is 0 Å². The fraction of sp³-hybridized carbons (Fsp3) is 0.923. The van der Waals surface area contributed by atoms with E-state index in [1.165, 1.54) is 19.3 Å². The molecule has 1 aliphatic carbocycles. The van der Waals surface area contributed by atoms with Gasteiger partial charge in [0.25, 0.3) is 0 Å². The van der Waals surface area contributed by atoms with Crippen LogP contribution in [0, 0.1) is 0 Å². The summed E-state index contributed by atoms with van der Waals surface area (Å²) in [6.45, 7) is 0.612. The van der Waals surface area contributed by atoms with Crippen LogP contribution in [-0.2, 0) is 19.0 Å². The van der Waals surface area contributed by atoms with E-state index in [4.69, 9.17) is 25.8 Å². The average Bonchev–Trinajstić information content (AvgIpc) is 2.86. The van der Waals surface area contributed by atoms with Gasteiger partial charge in [0.1, 0.15) is 11.5 Å². The molecule has 0 bridgehead atoms. The second kappa shape index (κ2) is 4.99. The van der Waals surface area contributed by atoms with Crippen molar-refractivity contribution in [3.8, 4) is 0 Å². The number of cyclic esters (lactones) is 1. The van der Waals surface area contributed by atoms with Crippen molar-refractivity contribution in [1.29, 1.82) is 0 Å². The van der Waals surface area contributed by atoms with Crippen molar-refractivity contribution in [3.63, 3.8) is 0 Å². The number of hydrogen-bond donors (Lipinski definition) is 0. The van der Waals surface area contributed by atoms with Gasteiger partial charge in [-0.3, -0.25) is 4.79 Å². The first kappa shape index (κ1) is 12.7. The van der Waals surface area contributed by atoms with Crippen molar-refractivity contribution in [2.45, 2.75) is 68.3 Å². The largest absolute Gasteiger partial charge is 0.461 e. The van der Waals surface area contributed by atoms with E-state index in [2.05, 4.69) is 0 Å². The van der Waals surface area contributed by atoms with Crippen LogP contribution in [0.25, 0.3) is 0 Å². The quantitative estimate of drug-likeness (QED) is 0.573. The molecule has 18 heavy (non-hydrogen) atoms. The highest BCUT2D eigenvalue weighted by molar-refractivity contribution is 6.30. The normalized spacial score (nSPS) is 39.2. The topological polar surface area (TPSA) is 44.8 Å². The van der Waals surface area contributed by atoms with Crippen LogP contribution in [0.3, 0.4) is 0 Å². The molecular weight excluding hydrogens is 256 g/mol. The van der Waals surface area contributed by atoms with Crippen LogP contribution >= 0.6 is 11.6 Å². The van der Waals surface area contributed by atoms with Crippen molar-refractivity contribution in [3.05, 3.63) is 0 Å². The lowest BCUT2D eigenvalue weighted by atomic mass is 9.94. The van der Waals surface area contributed by atoms with Gasteiger partial charge in [0.05, 0.1) is 12.7 Å². The molecule has 5 heteroatoms. The first-order valence-corrected chi connectivity index (χ1v) is 7.27. The third-order valence-corrected chi connectivity index (χ3v) is 4.42. The summed E-state index contributed by atoms with van der Waals surface area (Å²) >= 11 is 5.84. The van der Waals surface area contributed by atoms with Gasteiger partial charge in [0.15, 0.2) is 5.79 Å². The third-order valence-electron chi connectivity index (χ3n) is 4.06. The summed E-state index contributed by atoms with van der Waals surface area (Å²) in [5, 5.41) is -0.485.